The van der Waals surface area contributed by atoms with Gasteiger partial charge in [-0.3, -0.25) is 9.59 Å². The van der Waals surface area contributed by atoms with Crippen LogP contribution in [-0.4, -0.2) is 47.2 Å². The summed E-state index contributed by atoms with van der Waals surface area (Å²) in [5.74, 6) is -0.0477. The van der Waals surface area contributed by atoms with Crippen molar-refractivity contribution < 1.29 is 28.9 Å². The Hall–Kier alpha value is -3.59. The molecule has 0 saturated heterocycles. The van der Waals surface area contributed by atoms with Crippen molar-refractivity contribution in [1.29, 1.82) is 0 Å². The molecule has 3 aromatic rings. The summed E-state index contributed by atoms with van der Waals surface area (Å²) in [6, 6.07) is 21.5. The molecule has 0 spiro atoms. The molecule has 10 heteroatoms. The fraction of sp³-hybridized carbons (Fsp3) is 0.364. The fourth-order valence-corrected chi connectivity index (χ4v) is 5.19. The van der Waals surface area contributed by atoms with Gasteiger partial charge in [-0.25, -0.2) is 4.99 Å². The number of nitrogens with one attached hydrogen (secondary N) is 1. The number of rotatable bonds is 12. The summed E-state index contributed by atoms with van der Waals surface area (Å²) >= 11 is 12.9. The van der Waals surface area contributed by atoms with Crippen molar-refractivity contribution in [3.05, 3.63) is 99.5 Å². The van der Waals surface area contributed by atoms with Gasteiger partial charge in [0.25, 0.3) is 5.91 Å². The maximum Gasteiger partial charge on any atom is 0.306 e. The van der Waals surface area contributed by atoms with Crippen LogP contribution in [-0.2, 0) is 25.6 Å². The highest BCUT2D eigenvalue weighted by atomic mass is 35.5. The van der Waals surface area contributed by atoms with Crippen molar-refractivity contribution in [3.8, 4) is 5.75 Å². The van der Waals surface area contributed by atoms with Gasteiger partial charge < -0.3 is 24.6 Å². The molecule has 43 heavy (non-hydrogen) atoms. The minimum atomic E-state index is -1.56. The van der Waals surface area contributed by atoms with Crippen LogP contribution in [0.4, 0.5) is 0 Å². The van der Waals surface area contributed by atoms with Gasteiger partial charge in [-0.1, -0.05) is 59.6 Å². The van der Waals surface area contributed by atoms with Crippen LogP contribution in [0, 0.1) is 0 Å². The molecular formula is C33H36Cl2N2O6. The molecule has 0 aliphatic carbocycles. The lowest BCUT2D eigenvalue weighted by Crippen LogP contribution is -2.48. The predicted octanol–water partition coefficient (Wildman–Crippen LogP) is 6.45. The van der Waals surface area contributed by atoms with Crippen molar-refractivity contribution in [2.75, 3.05) is 13.2 Å². The summed E-state index contributed by atoms with van der Waals surface area (Å²) < 4.78 is 17.7. The molecule has 2 atom stereocenters. The molecule has 2 N–H and O–H groups in total. The van der Waals surface area contributed by atoms with Gasteiger partial charge >= 0.3 is 5.97 Å². The highest BCUT2D eigenvalue weighted by molar-refractivity contribution is 6.35. The Morgan fingerprint density at radius 2 is 1.77 bits per heavy atom. The van der Waals surface area contributed by atoms with E-state index in [0.717, 1.165) is 5.56 Å². The number of hydrogen-bond donors (Lipinski definition) is 2. The fourth-order valence-electron chi connectivity index (χ4n) is 4.68. The van der Waals surface area contributed by atoms with E-state index in [1.807, 2.05) is 30.3 Å². The predicted molar refractivity (Wildman–Crippen MR) is 167 cm³/mol. The van der Waals surface area contributed by atoms with E-state index in [9.17, 15) is 9.59 Å². The molecule has 3 aromatic carbocycles. The molecule has 1 heterocycles. The van der Waals surface area contributed by atoms with E-state index < -0.39 is 29.1 Å². The molecule has 0 aromatic heterocycles. The zero-order valence-corrected chi connectivity index (χ0v) is 26.0. The molecule has 4 rings (SSSR count). The number of nitrogens with zero attached hydrogens (tertiary/aromatic N) is 1. The third-order valence-corrected chi connectivity index (χ3v) is 7.26. The summed E-state index contributed by atoms with van der Waals surface area (Å²) in [5.41, 5.74) is -0.235. The van der Waals surface area contributed by atoms with Gasteiger partial charge in [-0.2, -0.15) is 0 Å². The second-order valence-electron chi connectivity index (χ2n) is 11.2. The Balaban J connectivity index is 1.74. The highest BCUT2D eigenvalue weighted by Gasteiger charge is 2.54. The minimum absolute atomic E-state index is 0.00197. The van der Waals surface area contributed by atoms with Gasteiger partial charge in [0.05, 0.1) is 6.61 Å². The zero-order chi connectivity index (χ0) is 31.0. The Kier molecular flexibility index (Phi) is 10.7. The molecule has 1 aliphatic rings. The van der Waals surface area contributed by atoms with Crippen molar-refractivity contribution in [2.24, 2.45) is 4.99 Å². The zero-order valence-electron chi connectivity index (χ0n) is 24.4. The topological polar surface area (TPSA) is 106 Å². The van der Waals surface area contributed by atoms with Crippen LogP contribution in [0.1, 0.15) is 62.8 Å². The number of carbonyl (C=O) groups excluding carboxylic acids is 2. The van der Waals surface area contributed by atoms with Gasteiger partial charge in [-0.15, -0.1) is 0 Å². The largest absolute Gasteiger partial charge is 0.494 e. The first kappa shape index (κ1) is 32.3. The highest BCUT2D eigenvalue weighted by Crippen LogP contribution is 2.46. The second kappa shape index (κ2) is 14.3. The minimum Gasteiger partial charge on any atom is -0.494 e. The first-order chi connectivity index (χ1) is 20.5. The van der Waals surface area contributed by atoms with E-state index >= 15 is 0 Å². The Bertz CT molecular complexity index is 1440. The molecule has 228 valence electrons. The number of halogens is 2. The summed E-state index contributed by atoms with van der Waals surface area (Å²) in [7, 11) is 0. The number of carbonyl (C=O) groups is 2. The van der Waals surface area contributed by atoms with E-state index in [-0.39, 0.29) is 31.9 Å². The smallest absolute Gasteiger partial charge is 0.306 e. The second-order valence-corrected chi connectivity index (χ2v) is 12.1. The number of hydrogen-bond acceptors (Lipinski definition) is 7. The van der Waals surface area contributed by atoms with Gasteiger partial charge in [0.1, 0.15) is 11.4 Å². The van der Waals surface area contributed by atoms with Gasteiger partial charge in [0, 0.05) is 47.2 Å². The van der Waals surface area contributed by atoms with Gasteiger partial charge in [-0.05, 0) is 69.2 Å². The van der Waals surface area contributed by atoms with Gasteiger partial charge in [0.15, 0.2) is 11.6 Å². The van der Waals surface area contributed by atoms with Crippen molar-refractivity contribution in [1.82, 2.24) is 5.32 Å². The number of ether oxygens (including phenoxy) is 3. The van der Waals surface area contributed by atoms with Crippen LogP contribution in [0.3, 0.4) is 0 Å². The third-order valence-electron chi connectivity index (χ3n) is 6.70. The van der Waals surface area contributed by atoms with Crippen LogP contribution >= 0.6 is 23.2 Å². The van der Waals surface area contributed by atoms with E-state index in [0.29, 0.717) is 39.9 Å². The third kappa shape index (κ3) is 8.50. The average molecular weight is 628 g/mol. The van der Waals surface area contributed by atoms with E-state index in [1.54, 1.807) is 63.2 Å². The Labute approximate surface area is 262 Å². The van der Waals surface area contributed by atoms with Crippen molar-refractivity contribution >= 4 is 41.0 Å². The summed E-state index contributed by atoms with van der Waals surface area (Å²) in [4.78, 5) is 32.0. The normalized spacial score (nSPS) is 18.0. The average Bonchev–Trinajstić information content (AvgIpc) is 3.35. The SMILES string of the molecule is CC(C)(C)OC(=O)CC[C@@]1(C(=O)NCc2ccccc2)N=C(c2ccc(OCCCO)cc2)O[C@@H]1c1ccc(Cl)cc1Cl. The van der Waals surface area contributed by atoms with Crippen molar-refractivity contribution in [2.45, 2.75) is 63.8 Å². The lowest BCUT2D eigenvalue weighted by Gasteiger charge is -2.31. The summed E-state index contributed by atoms with van der Waals surface area (Å²) in [5, 5.41) is 12.8. The first-order valence-corrected chi connectivity index (χ1v) is 14.9. The van der Waals surface area contributed by atoms with Crippen molar-refractivity contribution in [3.63, 3.8) is 0 Å². The molecule has 1 amide bonds. The maximum atomic E-state index is 14.2. The maximum absolute atomic E-state index is 14.2. The number of aliphatic hydroxyl groups excluding tert-OH is 1. The van der Waals surface area contributed by atoms with E-state index in [2.05, 4.69) is 5.32 Å². The molecule has 0 saturated carbocycles. The molecule has 0 unspecified atom stereocenters. The molecule has 0 radical (unpaired) electrons. The quantitative estimate of drug-likeness (QED) is 0.177. The number of benzene rings is 3. The van der Waals surface area contributed by atoms with E-state index in [1.165, 1.54) is 0 Å². The lowest BCUT2D eigenvalue weighted by molar-refractivity contribution is -0.155. The van der Waals surface area contributed by atoms with Crippen LogP contribution in [0.15, 0.2) is 77.8 Å². The van der Waals surface area contributed by atoms with Crippen LogP contribution < -0.4 is 10.1 Å². The molecule has 0 bridgehead atoms. The molecule has 0 fully saturated rings. The lowest BCUT2D eigenvalue weighted by atomic mass is 9.83. The number of esters is 1. The molecular weight excluding hydrogens is 591 g/mol. The van der Waals surface area contributed by atoms with Crippen LogP contribution in [0.5, 0.6) is 5.75 Å². The van der Waals surface area contributed by atoms with Crippen LogP contribution in [0.2, 0.25) is 10.0 Å². The number of aliphatic hydroxyl groups is 1. The standard InChI is InChI=1S/C33H36Cl2N2O6/c1-32(2,3)43-28(39)16-17-33(31(40)36-21-22-8-5-4-6-9-22)29(26-15-12-24(34)20-27(26)35)42-30(37-33)23-10-13-25(14-11-23)41-19-7-18-38/h4-6,8-15,20,29,38H,7,16-19,21H2,1-3H3,(H,36,40)/t29-,33-/m1/s1. The Morgan fingerprint density at radius 1 is 1.05 bits per heavy atom. The van der Waals surface area contributed by atoms with E-state index in [4.69, 9.17) is 47.5 Å². The first-order valence-electron chi connectivity index (χ1n) is 14.1. The molecule has 8 nitrogen and oxygen atoms in total. The number of amides is 1. The summed E-state index contributed by atoms with van der Waals surface area (Å²) in [6.07, 6.45) is -0.543. The number of aliphatic imine (C=N–C) groups is 1. The Morgan fingerprint density at radius 3 is 2.42 bits per heavy atom. The molecule has 1 aliphatic heterocycles. The monoisotopic (exact) mass is 626 g/mol. The summed E-state index contributed by atoms with van der Waals surface area (Å²) in [6.45, 7) is 6.02. The van der Waals surface area contributed by atoms with Crippen LogP contribution in [0.25, 0.3) is 0 Å². The van der Waals surface area contributed by atoms with Gasteiger partial charge in [0.2, 0.25) is 5.90 Å².